The molecule has 0 fully saturated rings. The van der Waals surface area contributed by atoms with Crippen molar-refractivity contribution in [2.75, 3.05) is 0 Å². The number of hydrogen-bond acceptors (Lipinski definition) is 1. The highest BCUT2D eigenvalue weighted by Gasteiger charge is 2.43. The lowest BCUT2D eigenvalue weighted by Crippen LogP contribution is -2.36. The molecule has 1 nitrogen and oxygen atoms in total. The van der Waals surface area contributed by atoms with Crippen molar-refractivity contribution in [3.63, 3.8) is 0 Å². The van der Waals surface area contributed by atoms with E-state index in [0.29, 0.717) is 0 Å². The Labute approximate surface area is 82.7 Å². The van der Waals surface area contributed by atoms with Gasteiger partial charge in [0.1, 0.15) is 0 Å². The molecule has 0 radical (unpaired) electrons. The van der Waals surface area contributed by atoms with E-state index in [0.717, 1.165) is 24.8 Å². The van der Waals surface area contributed by atoms with Crippen molar-refractivity contribution in [1.82, 2.24) is 0 Å². The Morgan fingerprint density at radius 3 is 2.50 bits per heavy atom. The Hall–Kier alpha value is -0.0100. The fourth-order valence-corrected chi connectivity index (χ4v) is 1.62. The fourth-order valence-electron chi connectivity index (χ4n) is 1.21. The van der Waals surface area contributed by atoms with Gasteiger partial charge in [-0.15, -0.1) is 0 Å². The van der Waals surface area contributed by atoms with E-state index in [1.807, 2.05) is 0 Å². The van der Waals surface area contributed by atoms with Crippen molar-refractivity contribution in [2.45, 2.75) is 36.9 Å². The van der Waals surface area contributed by atoms with Gasteiger partial charge in [-0.05, 0) is 24.5 Å². The molecule has 0 aromatic rings. The molecular weight excluding hydrogens is 195 g/mol. The largest absolute Gasteiger partial charge is 0.291 e. The summed E-state index contributed by atoms with van der Waals surface area (Å²) in [5, 5.41) is 0. The SMILES string of the molecule is CCCCCC1=CC(=O)C1(Cl)Cl. The predicted octanol–water partition coefficient (Wildman–Crippen LogP) is 3.25. The van der Waals surface area contributed by atoms with Crippen molar-refractivity contribution in [3.8, 4) is 0 Å². The van der Waals surface area contributed by atoms with E-state index in [9.17, 15) is 4.79 Å². The van der Waals surface area contributed by atoms with Crippen molar-refractivity contribution in [3.05, 3.63) is 11.6 Å². The van der Waals surface area contributed by atoms with Gasteiger partial charge in [-0.25, -0.2) is 0 Å². The van der Waals surface area contributed by atoms with Crippen molar-refractivity contribution < 1.29 is 4.79 Å². The molecule has 0 atom stereocenters. The molecule has 12 heavy (non-hydrogen) atoms. The molecule has 0 amide bonds. The molecule has 0 spiro atoms. The summed E-state index contributed by atoms with van der Waals surface area (Å²) < 4.78 is -1.19. The monoisotopic (exact) mass is 206 g/mol. The van der Waals surface area contributed by atoms with Crippen LogP contribution in [0.4, 0.5) is 0 Å². The molecule has 0 N–H and O–H groups in total. The van der Waals surface area contributed by atoms with Gasteiger partial charge in [0.05, 0.1) is 0 Å². The second-order valence-corrected chi connectivity index (χ2v) is 4.39. The maximum absolute atomic E-state index is 10.9. The lowest BCUT2D eigenvalue weighted by Gasteiger charge is -2.28. The number of allylic oxidation sites excluding steroid dienone is 2. The summed E-state index contributed by atoms with van der Waals surface area (Å²) in [6, 6.07) is 0. The van der Waals surface area contributed by atoms with Gasteiger partial charge in [0.2, 0.25) is 4.33 Å². The Kier molecular flexibility index (Phi) is 3.19. The van der Waals surface area contributed by atoms with Gasteiger partial charge in [0.25, 0.3) is 0 Å². The van der Waals surface area contributed by atoms with Crippen LogP contribution in [0.1, 0.15) is 32.6 Å². The van der Waals surface area contributed by atoms with Crippen LogP contribution < -0.4 is 0 Å². The Morgan fingerprint density at radius 1 is 1.42 bits per heavy atom. The molecule has 0 heterocycles. The molecule has 0 saturated carbocycles. The second-order valence-electron chi connectivity index (χ2n) is 3.07. The van der Waals surface area contributed by atoms with Crippen LogP contribution in [0.15, 0.2) is 11.6 Å². The molecule has 0 unspecified atom stereocenters. The maximum atomic E-state index is 10.9. The van der Waals surface area contributed by atoms with Crippen LogP contribution in [0.2, 0.25) is 0 Å². The standard InChI is InChI=1S/C9H12Cl2O/c1-2-3-4-5-7-6-8(12)9(7,10)11/h6H,2-5H2,1H3. The summed E-state index contributed by atoms with van der Waals surface area (Å²) >= 11 is 11.5. The molecule has 3 heteroatoms. The summed E-state index contributed by atoms with van der Waals surface area (Å²) in [7, 11) is 0. The van der Waals surface area contributed by atoms with Crippen LogP contribution in [-0.4, -0.2) is 10.1 Å². The molecule has 0 aromatic heterocycles. The predicted molar refractivity (Wildman–Crippen MR) is 51.7 cm³/mol. The molecule has 68 valence electrons. The third-order valence-corrected chi connectivity index (χ3v) is 2.93. The zero-order valence-electron chi connectivity index (χ0n) is 7.07. The first-order valence-corrected chi connectivity index (χ1v) is 4.98. The van der Waals surface area contributed by atoms with E-state index < -0.39 is 4.33 Å². The van der Waals surface area contributed by atoms with Crippen LogP contribution in [-0.2, 0) is 4.79 Å². The summed E-state index contributed by atoms with van der Waals surface area (Å²) in [6.45, 7) is 2.13. The summed E-state index contributed by atoms with van der Waals surface area (Å²) in [5.41, 5.74) is 0.879. The maximum Gasteiger partial charge on any atom is 0.201 e. The number of carbonyl (C=O) groups is 1. The average Bonchev–Trinajstić information content (AvgIpc) is 2.04. The molecule has 1 rings (SSSR count). The molecule has 0 aromatic carbocycles. The average molecular weight is 207 g/mol. The normalized spacial score (nSPS) is 20.2. The first-order chi connectivity index (χ1) is 5.59. The molecule has 1 aliphatic carbocycles. The van der Waals surface area contributed by atoms with E-state index >= 15 is 0 Å². The number of carbonyl (C=O) groups excluding carboxylic acids is 1. The third kappa shape index (κ3) is 1.83. The number of rotatable bonds is 4. The smallest absolute Gasteiger partial charge is 0.201 e. The number of hydrogen-bond donors (Lipinski definition) is 0. The minimum absolute atomic E-state index is 0.169. The van der Waals surface area contributed by atoms with Crippen molar-refractivity contribution >= 4 is 29.0 Å². The lowest BCUT2D eigenvalue weighted by atomic mass is 9.91. The molecule has 0 bridgehead atoms. The first kappa shape index (κ1) is 10.1. The minimum atomic E-state index is -1.19. The second kappa shape index (κ2) is 3.80. The van der Waals surface area contributed by atoms with Gasteiger partial charge in [-0.3, -0.25) is 4.79 Å². The topological polar surface area (TPSA) is 17.1 Å². The summed E-state index contributed by atoms with van der Waals surface area (Å²) in [6.07, 6.45) is 5.80. The van der Waals surface area contributed by atoms with Gasteiger partial charge in [-0.1, -0.05) is 43.0 Å². The summed E-state index contributed by atoms with van der Waals surface area (Å²) in [4.78, 5) is 10.9. The summed E-state index contributed by atoms with van der Waals surface area (Å²) in [5.74, 6) is -0.169. The van der Waals surface area contributed by atoms with Gasteiger partial charge in [0, 0.05) is 0 Å². The Balaban J connectivity index is 2.36. The van der Waals surface area contributed by atoms with Crippen molar-refractivity contribution in [1.29, 1.82) is 0 Å². The minimum Gasteiger partial charge on any atom is -0.291 e. The van der Waals surface area contributed by atoms with Crippen LogP contribution >= 0.6 is 23.2 Å². The highest BCUT2D eigenvalue weighted by molar-refractivity contribution is 6.64. The van der Waals surface area contributed by atoms with Crippen LogP contribution in [0.3, 0.4) is 0 Å². The van der Waals surface area contributed by atoms with E-state index in [2.05, 4.69) is 6.92 Å². The lowest BCUT2D eigenvalue weighted by molar-refractivity contribution is -0.116. The number of alkyl halides is 2. The van der Waals surface area contributed by atoms with E-state index in [1.165, 1.54) is 6.42 Å². The molecule has 0 aliphatic heterocycles. The van der Waals surface area contributed by atoms with Crippen molar-refractivity contribution in [2.24, 2.45) is 0 Å². The first-order valence-electron chi connectivity index (χ1n) is 4.22. The van der Waals surface area contributed by atoms with Gasteiger partial charge < -0.3 is 0 Å². The highest BCUT2D eigenvalue weighted by atomic mass is 35.5. The molecular formula is C9H12Cl2O. The molecule has 1 aliphatic rings. The third-order valence-electron chi connectivity index (χ3n) is 2.07. The number of ketones is 1. The van der Waals surface area contributed by atoms with E-state index in [1.54, 1.807) is 6.08 Å². The van der Waals surface area contributed by atoms with Gasteiger partial charge in [-0.2, -0.15) is 0 Å². The molecule has 0 saturated heterocycles. The van der Waals surface area contributed by atoms with Gasteiger partial charge >= 0.3 is 0 Å². The Morgan fingerprint density at radius 2 is 2.08 bits per heavy atom. The van der Waals surface area contributed by atoms with Crippen LogP contribution in [0, 0.1) is 0 Å². The van der Waals surface area contributed by atoms with Crippen LogP contribution in [0.5, 0.6) is 0 Å². The fraction of sp³-hybridized carbons (Fsp3) is 0.667. The zero-order chi connectivity index (χ0) is 9.19. The van der Waals surface area contributed by atoms with Gasteiger partial charge in [0.15, 0.2) is 5.78 Å². The Bertz CT molecular complexity index is 219. The van der Waals surface area contributed by atoms with Crippen LogP contribution in [0.25, 0.3) is 0 Å². The number of unbranched alkanes of at least 4 members (excludes halogenated alkanes) is 2. The van der Waals surface area contributed by atoms with E-state index in [-0.39, 0.29) is 5.78 Å². The quantitative estimate of drug-likeness (QED) is 0.510. The highest BCUT2D eigenvalue weighted by Crippen LogP contribution is 2.41. The number of halogens is 2. The zero-order valence-corrected chi connectivity index (χ0v) is 8.58. The van der Waals surface area contributed by atoms with E-state index in [4.69, 9.17) is 23.2 Å².